The summed E-state index contributed by atoms with van der Waals surface area (Å²) in [7, 11) is 0. The first-order chi connectivity index (χ1) is 12.3. The number of hydrogen-bond donors (Lipinski definition) is 0. The molecule has 0 N–H and O–H groups in total. The summed E-state index contributed by atoms with van der Waals surface area (Å²) in [5.41, 5.74) is 2.68. The molecule has 0 saturated carbocycles. The van der Waals surface area contributed by atoms with E-state index in [-0.39, 0.29) is 18.3 Å². The smallest absolute Gasteiger partial charge is 0.312 e. The zero-order valence-corrected chi connectivity index (χ0v) is 13.6. The van der Waals surface area contributed by atoms with Crippen molar-refractivity contribution in [3.8, 4) is 11.8 Å². The lowest BCUT2D eigenvalue weighted by molar-refractivity contribution is -0.134. The summed E-state index contributed by atoms with van der Waals surface area (Å²) in [5.74, 6) is 0.0829. The Morgan fingerprint density at radius 3 is 1.84 bits per heavy atom. The average Bonchev–Trinajstić information content (AvgIpc) is 2.68. The highest BCUT2D eigenvalue weighted by Gasteiger charge is 2.19. The van der Waals surface area contributed by atoms with Crippen molar-refractivity contribution in [2.75, 3.05) is 0 Å². The van der Waals surface area contributed by atoms with Gasteiger partial charge in [-0.1, -0.05) is 60.7 Å². The first-order valence-electron chi connectivity index (χ1n) is 8.07. The van der Waals surface area contributed by atoms with Crippen LogP contribution >= 0.6 is 0 Å². The predicted molar refractivity (Wildman–Crippen MR) is 96.1 cm³/mol. The van der Waals surface area contributed by atoms with Crippen LogP contribution in [0.1, 0.15) is 29.0 Å². The lowest BCUT2D eigenvalue weighted by atomic mass is 9.89. The number of carbonyl (C=O) groups excluding carboxylic acids is 1. The van der Waals surface area contributed by atoms with Gasteiger partial charge >= 0.3 is 5.97 Å². The molecule has 0 radical (unpaired) electrons. The second kappa shape index (κ2) is 7.94. The van der Waals surface area contributed by atoms with E-state index in [9.17, 15) is 4.79 Å². The fraction of sp³-hybridized carbons (Fsp3) is 0.0909. The molecule has 3 nitrogen and oxygen atoms in total. The second-order valence-corrected chi connectivity index (χ2v) is 5.69. The van der Waals surface area contributed by atoms with Crippen LogP contribution < -0.4 is 4.74 Å². The Bertz CT molecular complexity index is 826. The van der Waals surface area contributed by atoms with Crippen LogP contribution in [0.15, 0.2) is 84.9 Å². The molecule has 0 atom stereocenters. The van der Waals surface area contributed by atoms with Crippen LogP contribution in [0.25, 0.3) is 0 Å². The van der Waals surface area contributed by atoms with Crippen LogP contribution in [0, 0.1) is 11.3 Å². The third kappa shape index (κ3) is 4.33. The average molecular weight is 327 g/mol. The maximum Gasteiger partial charge on any atom is 0.312 e. The molecule has 3 aromatic carbocycles. The minimum atomic E-state index is -0.303. The van der Waals surface area contributed by atoms with Crippen LogP contribution in [0.5, 0.6) is 5.75 Å². The van der Waals surface area contributed by atoms with Crippen molar-refractivity contribution in [1.29, 1.82) is 5.26 Å². The molecule has 0 bridgehead atoms. The van der Waals surface area contributed by atoms with Crippen molar-refractivity contribution in [3.05, 3.63) is 102 Å². The summed E-state index contributed by atoms with van der Waals surface area (Å²) >= 11 is 0. The minimum Gasteiger partial charge on any atom is -0.427 e. The van der Waals surface area contributed by atoms with Crippen molar-refractivity contribution >= 4 is 5.97 Å². The van der Waals surface area contributed by atoms with Gasteiger partial charge in [-0.25, -0.2) is 0 Å². The molecule has 0 unspecified atom stereocenters. The van der Waals surface area contributed by atoms with E-state index in [0.717, 1.165) is 11.1 Å². The van der Waals surface area contributed by atoms with E-state index in [1.54, 1.807) is 24.3 Å². The fourth-order valence-corrected chi connectivity index (χ4v) is 2.74. The first kappa shape index (κ1) is 16.5. The molecule has 3 heteroatoms. The van der Waals surface area contributed by atoms with Gasteiger partial charge in [0.2, 0.25) is 0 Å². The molecule has 0 fully saturated rings. The van der Waals surface area contributed by atoms with Gasteiger partial charge in [0.1, 0.15) is 5.75 Å². The molecule has 3 rings (SSSR count). The Kier molecular flexibility index (Phi) is 5.23. The zero-order chi connectivity index (χ0) is 17.5. The van der Waals surface area contributed by atoms with E-state index in [1.807, 2.05) is 66.7 Å². The molecular formula is C22H17NO2. The van der Waals surface area contributed by atoms with Crippen LogP contribution in [0.3, 0.4) is 0 Å². The second-order valence-electron chi connectivity index (χ2n) is 5.69. The van der Waals surface area contributed by atoms with E-state index in [2.05, 4.69) is 0 Å². The highest BCUT2D eigenvalue weighted by atomic mass is 16.5. The van der Waals surface area contributed by atoms with E-state index in [4.69, 9.17) is 10.00 Å². The Morgan fingerprint density at radius 1 is 0.840 bits per heavy atom. The quantitative estimate of drug-likeness (QED) is 0.505. The largest absolute Gasteiger partial charge is 0.427 e. The van der Waals surface area contributed by atoms with E-state index in [0.29, 0.717) is 11.3 Å². The van der Waals surface area contributed by atoms with Crippen LogP contribution in [-0.2, 0) is 4.79 Å². The van der Waals surface area contributed by atoms with Gasteiger partial charge < -0.3 is 4.74 Å². The van der Waals surface area contributed by atoms with Gasteiger partial charge in [0.05, 0.1) is 18.1 Å². The molecule has 3 aromatic rings. The minimum absolute atomic E-state index is 0.0618. The van der Waals surface area contributed by atoms with Gasteiger partial charge in [-0.2, -0.15) is 5.26 Å². The number of benzene rings is 3. The lowest BCUT2D eigenvalue weighted by Gasteiger charge is -2.17. The lowest BCUT2D eigenvalue weighted by Crippen LogP contribution is -2.14. The normalized spacial score (nSPS) is 10.2. The van der Waals surface area contributed by atoms with E-state index in [1.165, 1.54) is 0 Å². The number of esters is 1. The molecule has 0 heterocycles. The van der Waals surface area contributed by atoms with Gasteiger partial charge in [0, 0.05) is 5.92 Å². The van der Waals surface area contributed by atoms with E-state index >= 15 is 0 Å². The Balaban J connectivity index is 1.78. The fourth-order valence-electron chi connectivity index (χ4n) is 2.74. The van der Waals surface area contributed by atoms with Crippen LogP contribution in [0.2, 0.25) is 0 Å². The zero-order valence-electron chi connectivity index (χ0n) is 13.6. The van der Waals surface area contributed by atoms with Crippen LogP contribution in [0.4, 0.5) is 0 Å². The molecule has 0 amide bonds. The SMILES string of the molecule is N#Cc1ccc(OC(=O)CC(c2ccccc2)c2ccccc2)cc1. The molecule has 0 aliphatic rings. The highest BCUT2D eigenvalue weighted by Crippen LogP contribution is 2.28. The van der Waals surface area contributed by atoms with Crippen LogP contribution in [-0.4, -0.2) is 5.97 Å². The number of rotatable bonds is 5. The predicted octanol–water partition coefficient (Wildman–Crippen LogP) is 4.69. The van der Waals surface area contributed by atoms with Gasteiger partial charge in [-0.15, -0.1) is 0 Å². The van der Waals surface area contributed by atoms with Crippen molar-refractivity contribution in [2.24, 2.45) is 0 Å². The molecule has 0 spiro atoms. The molecule has 0 aliphatic carbocycles. The number of nitriles is 1. The van der Waals surface area contributed by atoms with Gasteiger partial charge in [0.15, 0.2) is 0 Å². The molecule has 0 saturated heterocycles. The van der Waals surface area contributed by atoms with Crippen molar-refractivity contribution < 1.29 is 9.53 Å². The van der Waals surface area contributed by atoms with Gasteiger partial charge in [-0.05, 0) is 35.4 Å². The molecular weight excluding hydrogens is 310 g/mol. The molecule has 0 aliphatic heterocycles. The van der Waals surface area contributed by atoms with Crippen molar-refractivity contribution in [1.82, 2.24) is 0 Å². The number of nitrogens with zero attached hydrogens (tertiary/aromatic N) is 1. The number of ether oxygens (including phenoxy) is 1. The Labute approximate surface area is 147 Å². The summed E-state index contributed by atoms with van der Waals surface area (Å²) in [6.07, 6.45) is 0.244. The Hall–Kier alpha value is -3.38. The third-order valence-corrected chi connectivity index (χ3v) is 3.99. The summed E-state index contributed by atoms with van der Waals surface area (Å²) in [6.45, 7) is 0. The van der Waals surface area contributed by atoms with E-state index < -0.39 is 0 Å². The summed E-state index contributed by atoms with van der Waals surface area (Å²) in [4.78, 5) is 12.4. The molecule has 122 valence electrons. The number of hydrogen-bond acceptors (Lipinski definition) is 3. The number of carbonyl (C=O) groups is 1. The highest BCUT2D eigenvalue weighted by molar-refractivity contribution is 5.74. The summed E-state index contributed by atoms with van der Waals surface area (Å²) in [6, 6.07) is 28.5. The van der Waals surface area contributed by atoms with Crippen molar-refractivity contribution in [2.45, 2.75) is 12.3 Å². The third-order valence-electron chi connectivity index (χ3n) is 3.99. The maximum absolute atomic E-state index is 12.4. The molecule has 0 aromatic heterocycles. The Morgan fingerprint density at radius 2 is 1.36 bits per heavy atom. The summed E-state index contributed by atoms with van der Waals surface area (Å²) < 4.78 is 5.44. The topological polar surface area (TPSA) is 50.1 Å². The summed E-state index contributed by atoms with van der Waals surface area (Å²) in [5, 5.41) is 8.82. The standard InChI is InChI=1S/C22H17NO2/c23-16-17-11-13-20(14-12-17)25-22(24)15-21(18-7-3-1-4-8-18)19-9-5-2-6-10-19/h1-14,21H,15H2. The molecule has 25 heavy (non-hydrogen) atoms. The first-order valence-corrected chi connectivity index (χ1v) is 8.07. The van der Waals surface area contributed by atoms with Gasteiger partial charge in [-0.3, -0.25) is 4.79 Å². The maximum atomic E-state index is 12.4. The monoisotopic (exact) mass is 327 g/mol. The van der Waals surface area contributed by atoms with Gasteiger partial charge in [0.25, 0.3) is 0 Å². The van der Waals surface area contributed by atoms with Crippen molar-refractivity contribution in [3.63, 3.8) is 0 Å².